The highest BCUT2D eigenvalue weighted by Crippen LogP contribution is 2.20. The molecule has 2 aromatic rings. The number of nitrogens with one attached hydrogen (secondary N) is 2. The molecule has 1 amide bonds. The first-order valence-corrected chi connectivity index (χ1v) is 9.64. The number of hydrogen-bond donors (Lipinski definition) is 2. The second-order valence-corrected chi connectivity index (χ2v) is 6.50. The van der Waals surface area contributed by atoms with Gasteiger partial charge in [-0.05, 0) is 44.0 Å². The molecule has 2 N–H and O–H groups in total. The van der Waals surface area contributed by atoms with E-state index >= 15 is 0 Å². The minimum Gasteiger partial charge on any atom is -0.494 e. The van der Waals surface area contributed by atoms with Gasteiger partial charge in [-0.2, -0.15) is 0 Å². The minimum atomic E-state index is -0.118. The third-order valence-corrected chi connectivity index (χ3v) is 4.08. The Labute approximate surface area is 162 Å². The molecule has 0 saturated heterocycles. The van der Waals surface area contributed by atoms with Gasteiger partial charge < -0.3 is 20.1 Å². The number of rotatable bonds is 11. The van der Waals surface area contributed by atoms with Crippen LogP contribution in [0.5, 0.6) is 11.5 Å². The first kappa shape index (κ1) is 20.6. The van der Waals surface area contributed by atoms with Gasteiger partial charge in [0.2, 0.25) is 5.91 Å². The molecular formula is C22H30N2O3. The number of anilines is 2. The van der Waals surface area contributed by atoms with Crippen molar-refractivity contribution in [1.82, 2.24) is 0 Å². The van der Waals surface area contributed by atoms with Crippen molar-refractivity contribution < 1.29 is 14.3 Å². The van der Waals surface area contributed by atoms with Crippen molar-refractivity contribution in [1.29, 1.82) is 0 Å². The molecule has 27 heavy (non-hydrogen) atoms. The van der Waals surface area contributed by atoms with E-state index in [0.29, 0.717) is 6.61 Å². The van der Waals surface area contributed by atoms with E-state index in [0.717, 1.165) is 42.1 Å². The van der Waals surface area contributed by atoms with Crippen molar-refractivity contribution in [2.45, 2.75) is 46.1 Å². The lowest BCUT2D eigenvalue weighted by atomic mass is 10.2. The van der Waals surface area contributed by atoms with Gasteiger partial charge in [0.15, 0.2) is 0 Å². The predicted octanol–water partition coefficient (Wildman–Crippen LogP) is 5.09. The molecule has 5 nitrogen and oxygen atoms in total. The summed E-state index contributed by atoms with van der Waals surface area (Å²) in [7, 11) is 0. The fraction of sp³-hybridized carbons (Fsp3) is 0.409. The first-order valence-electron chi connectivity index (χ1n) is 9.64. The van der Waals surface area contributed by atoms with Gasteiger partial charge in [-0.25, -0.2) is 0 Å². The Morgan fingerprint density at radius 1 is 1.04 bits per heavy atom. The lowest BCUT2D eigenvalue weighted by molar-refractivity contribution is -0.114. The van der Waals surface area contributed by atoms with Gasteiger partial charge in [-0.1, -0.05) is 32.4 Å². The summed E-state index contributed by atoms with van der Waals surface area (Å²) >= 11 is 0. The van der Waals surface area contributed by atoms with E-state index < -0.39 is 0 Å². The summed E-state index contributed by atoms with van der Waals surface area (Å²) in [6, 6.07) is 15.1. The molecule has 0 fully saturated rings. The molecule has 0 aliphatic rings. The number of ether oxygens (including phenoxy) is 2. The predicted molar refractivity (Wildman–Crippen MR) is 111 cm³/mol. The largest absolute Gasteiger partial charge is 0.494 e. The number of amides is 1. The number of hydrogen-bond acceptors (Lipinski definition) is 4. The Kier molecular flexibility index (Phi) is 8.49. The average molecular weight is 370 g/mol. The molecule has 146 valence electrons. The third kappa shape index (κ3) is 7.60. The van der Waals surface area contributed by atoms with E-state index in [1.807, 2.05) is 55.5 Å². The van der Waals surface area contributed by atoms with Crippen LogP contribution in [0.25, 0.3) is 0 Å². The molecule has 0 bridgehead atoms. The summed E-state index contributed by atoms with van der Waals surface area (Å²) in [6.07, 6.45) is 3.20. The zero-order valence-corrected chi connectivity index (χ0v) is 16.5. The van der Waals surface area contributed by atoms with E-state index in [4.69, 9.17) is 9.47 Å². The maximum absolute atomic E-state index is 12.2. The van der Waals surface area contributed by atoms with Crippen LogP contribution in [-0.4, -0.2) is 25.2 Å². The topological polar surface area (TPSA) is 59.6 Å². The van der Waals surface area contributed by atoms with Gasteiger partial charge in [0.05, 0.1) is 19.3 Å². The average Bonchev–Trinajstić information content (AvgIpc) is 2.67. The quantitative estimate of drug-likeness (QED) is 0.541. The van der Waals surface area contributed by atoms with Crippen LogP contribution in [0.1, 0.15) is 40.0 Å². The second kappa shape index (κ2) is 11.1. The van der Waals surface area contributed by atoms with Crippen molar-refractivity contribution in [2.24, 2.45) is 0 Å². The van der Waals surface area contributed by atoms with Gasteiger partial charge in [0, 0.05) is 23.5 Å². The van der Waals surface area contributed by atoms with Gasteiger partial charge >= 0.3 is 0 Å². The fourth-order valence-electron chi connectivity index (χ4n) is 2.38. The van der Waals surface area contributed by atoms with Crippen LogP contribution in [0.3, 0.4) is 0 Å². The Hall–Kier alpha value is -2.69. The molecule has 0 radical (unpaired) electrons. The minimum absolute atomic E-state index is 0.118. The first-order chi connectivity index (χ1) is 13.1. The van der Waals surface area contributed by atoms with Gasteiger partial charge in [-0.3, -0.25) is 4.79 Å². The summed E-state index contributed by atoms with van der Waals surface area (Å²) in [5.74, 6) is 1.45. The lowest BCUT2D eigenvalue weighted by Crippen LogP contribution is -2.21. The maximum atomic E-state index is 12.2. The highest BCUT2D eigenvalue weighted by Gasteiger charge is 2.06. The molecule has 0 saturated carbocycles. The van der Waals surface area contributed by atoms with Crippen LogP contribution >= 0.6 is 0 Å². The summed E-state index contributed by atoms with van der Waals surface area (Å²) in [5.41, 5.74) is 1.58. The molecule has 5 heteroatoms. The molecule has 0 heterocycles. The second-order valence-electron chi connectivity index (χ2n) is 6.50. The van der Waals surface area contributed by atoms with Crippen LogP contribution in [-0.2, 0) is 4.79 Å². The highest BCUT2D eigenvalue weighted by molar-refractivity contribution is 5.93. The SMILES string of the molecule is CCCCOc1cccc(NCC(=O)Nc2cccc(OC(C)CC)c2)c1. The summed E-state index contributed by atoms with van der Waals surface area (Å²) < 4.78 is 11.5. The Bertz CT molecular complexity index is 718. The Morgan fingerprint density at radius 2 is 1.74 bits per heavy atom. The summed E-state index contributed by atoms with van der Waals surface area (Å²) in [6.45, 7) is 7.11. The molecule has 0 aliphatic carbocycles. The van der Waals surface area contributed by atoms with Crippen LogP contribution in [0.2, 0.25) is 0 Å². The summed E-state index contributed by atoms with van der Waals surface area (Å²) in [4.78, 5) is 12.2. The van der Waals surface area contributed by atoms with E-state index in [9.17, 15) is 4.79 Å². The summed E-state index contributed by atoms with van der Waals surface area (Å²) in [5, 5.41) is 6.02. The fourth-order valence-corrected chi connectivity index (χ4v) is 2.38. The van der Waals surface area contributed by atoms with E-state index in [1.54, 1.807) is 0 Å². The lowest BCUT2D eigenvalue weighted by Gasteiger charge is -2.14. The van der Waals surface area contributed by atoms with Crippen molar-refractivity contribution in [2.75, 3.05) is 23.8 Å². The normalized spacial score (nSPS) is 11.5. The zero-order chi connectivity index (χ0) is 19.5. The van der Waals surface area contributed by atoms with E-state index in [1.165, 1.54) is 0 Å². The maximum Gasteiger partial charge on any atom is 0.243 e. The zero-order valence-electron chi connectivity index (χ0n) is 16.5. The number of carbonyl (C=O) groups excluding carboxylic acids is 1. The van der Waals surface area contributed by atoms with Crippen molar-refractivity contribution in [3.8, 4) is 11.5 Å². The van der Waals surface area contributed by atoms with Crippen LogP contribution < -0.4 is 20.1 Å². The third-order valence-electron chi connectivity index (χ3n) is 4.08. The Morgan fingerprint density at radius 3 is 2.48 bits per heavy atom. The molecule has 0 aromatic heterocycles. The Balaban J connectivity index is 1.84. The van der Waals surface area contributed by atoms with Crippen molar-refractivity contribution in [3.05, 3.63) is 48.5 Å². The number of benzene rings is 2. The van der Waals surface area contributed by atoms with E-state index in [-0.39, 0.29) is 18.6 Å². The van der Waals surface area contributed by atoms with Gasteiger partial charge in [0.1, 0.15) is 11.5 Å². The standard InChI is InChI=1S/C22H30N2O3/c1-4-6-13-26-20-11-7-9-18(14-20)23-16-22(25)24-19-10-8-12-21(15-19)27-17(3)5-2/h7-12,14-15,17,23H,4-6,13,16H2,1-3H3,(H,24,25). The van der Waals surface area contributed by atoms with Gasteiger partial charge in [0.25, 0.3) is 0 Å². The molecule has 1 unspecified atom stereocenters. The van der Waals surface area contributed by atoms with E-state index in [2.05, 4.69) is 24.5 Å². The molecule has 2 aromatic carbocycles. The van der Waals surface area contributed by atoms with Crippen molar-refractivity contribution in [3.63, 3.8) is 0 Å². The monoisotopic (exact) mass is 370 g/mol. The van der Waals surface area contributed by atoms with Crippen LogP contribution in [0, 0.1) is 0 Å². The smallest absolute Gasteiger partial charge is 0.243 e. The van der Waals surface area contributed by atoms with Gasteiger partial charge in [-0.15, -0.1) is 0 Å². The van der Waals surface area contributed by atoms with Crippen LogP contribution in [0.15, 0.2) is 48.5 Å². The number of unbranched alkanes of at least 4 members (excludes halogenated alkanes) is 1. The van der Waals surface area contributed by atoms with Crippen LogP contribution in [0.4, 0.5) is 11.4 Å². The molecule has 0 spiro atoms. The highest BCUT2D eigenvalue weighted by atomic mass is 16.5. The molecular weight excluding hydrogens is 340 g/mol. The molecule has 2 rings (SSSR count). The number of carbonyl (C=O) groups is 1. The van der Waals surface area contributed by atoms with Crippen molar-refractivity contribution >= 4 is 17.3 Å². The molecule has 0 aliphatic heterocycles. The molecule has 1 atom stereocenters.